The van der Waals surface area contributed by atoms with Crippen molar-refractivity contribution in [2.45, 2.75) is 71.1 Å². The van der Waals surface area contributed by atoms with E-state index in [1.54, 1.807) is 0 Å². The number of carbonyl (C=O) groups excluding carboxylic acids is 1. The molecule has 1 aromatic heterocycles. The molecule has 140 valence electrons. The van der Waals surface area contributed by atoms with Crippen LogP contribution in [-0.4, -0.2) is 33.7 Å². The quantitative estimate of drug-likeness (QED) is 0.862. The van der Waals surface area contributed by atoms with Crippen LogP contribution in [0.15, 0.2) is 24.3 Å². The lowest BCUT2D eigenvalue weighted by Gasteiger charge is -2.30. The first-order chi connectivity index (χ1) is 12.3. The lowest BCUT2D eigenvalue weighted by molar-refractivity contribution is 0.0492. The fourth-order valence-electron chi connectivity index (χ4n) is 3.34. The van der Waals surface area contributed by atoms with E-state index in [1.165, 1.54) is 0 Å². The number of hydrogen-bond acceptors (Lipinski definition) is 5. The van der Waals surface area contributed by atoms with Gasteiger partial charge in [0.05, 0.1) is 11.2 Å². The maximum atomic E-state index is 11.9. The predicted molar refractivity (Wildman–Crippen MR) is 103 cm³/mol. The molecule has 1 fully saturated rings. The number of aromatic nitrogens is 2. The van der Waals surface area contributed by atoms with Crippen LogP contribution in [0.5, 0.6) is 0 Å². The molecule has 0 aliphatic heterocycles. The second-order valence-corrected chi connectivity index (χ2v) is 7.99. The molecule has 0 atom stereocenters. The van der Waals surface area contributed by atoms with Crippen LogP contribution in [0.3, 0.4) is 0 Å². The van der Waals surface area contributed by atoms with Gasteiger partial charge >= 0.3 is 6.09 Å². The Morgan fingerprint density at radius 3 is 2.42 bits per heavy atom. The summed E-state index contributed by atoms with van der Waals surface area (Å²) in [6, 6.07) is 8.55. The molecular weight excluding hydrogens is 328 g/mol. The Hall–Kier alpha value is -2.37. The Morgan fingerprint density at radius 1 is 1.08 bits per heavy atom. The molecule has 3 rings (SSSR count). The van der Waals surface area contributed by atoms with Crippen LogP contribution in [0.1, 0.15) is 52.1 Å². The van der Waals surface area contributed by atoms with E-state index in [-0.39, 0.29) is 12.1 Å². The van der Waals surface area contributed by atoms with Gasteiger partial charge in [-0.05, 0) is 59.4 Å². The summed E-state index contributed by atoms with van der Waals surface area (Å²) in [6.45, 7) is 7.63. The molecule has 0 bridgehead atoms. The molecule has 1 aliphatic carbocycles. The third-order valence-electron chi connectivity index (χ3n) is 4.58. The maximum Gasteiger partial charge on any atom is 0.407 e. The van der Waals surface area contributed by atoms with Crippen LogP contribution < -0.4 is 10.6 Å². The minimum absolute atomic E-state index is 0.169. The topological polar surface area (TPSA) is 76.1 Å². The number of fused-ring (bicyclic) bond motifs is 1. The fourth-order valence-corrected chi connectivity index (χ4v) is 3.34. The third kappa shape index (κ3) is 4.84. The molecule has 1 amide bonds. The minimum atomic E-state index is -0.464. The highest BCUT2D eigenvalue weighted by Gasteiger charge is 2.25. The summed E-state index contributed by atoms with van der Waals surface area (Å²) >= 11 is 0. The first-order valence-corrected chi connectivity index (χ1v) is 9.29. The lowest BCUT2D eigenvalue weighted by atomic mass is 9.91. The maximum absolute atomic E-state index is 11.9. The normalized spacial score (nSPS) is 20.6. The van der Waals surface area contributed by atoms with E-state index in [0.717, 1.165) is 42.3 Å². The number of anilines is 1. The summed E-state index contributed by atoms with van der Waals surface area (Å²) in [6.07, 6.45) is 3.45. The van der Waals surface area contributed by atoms with E-state index in [1.807, 2.05) is 52.0 Å². The van der Waals surface area contributed by atoms with E-state index < -0.39 is 5.60 Å². The first kappa shape index (κ1) is 18.4. The second kappa shape index (κ2) is 7.48. The molecule has 6 nitrogen and oxygen atoms in total. The van der Waals surface area contributed by atoms with E-state index in [2.05, 4.69) is 20.6 Å². The average molecular weight is 356 g/mol. The van der Waals surface area contributed by atoms with Crippen LogP contribution in [0.4, 0.5) is 10.7 Å². The first-order valence-electron chi connectivity index (χ1n) is 9.29. The lowest BCUT2D eigenvalue weighted by Crippen LogP contribution is -2.42. The number of carbonyl (C=O) groups is 1. The Balaban J connectivity index is 1.54. The van der Waals surface area contributed by atoms with Gasteiger partial charge in [-0.2, -0.15) is 0 Å². The molecule has 0 saturated heterocycles. The summed E-state index contributed by atoms with van der Waals surface area (Å²) in [5.74, 6) is 0.685. The minimum Gasteiger partial charge on any atom is -0.444 e. The zero-order valence-electron chi connectivity index (χ0n) is 16.0. The smallest absolute Gasteiger partial charge is 0.407 e. The monoisotopic (exact) mass is 356 g/mol. The number of nitrogens with zero attached hydrogens (tertiary/aromatic N) is 2. The van der Waals surface area contributed by atoms with Crippen LogP contribution in [0, 0.1) is 6.92 Å². The van der Waals surface area contributed by atoms with Gasteiger partial charge in [0, 0.05) is 17.5 Å². The SMILES string of the molecule is Cc1nc(NC2CCC(NC(=O)OC(C)(C)C)CC2)nc2ccccc12. The highest BCUT2D eigenvalue weighted by atomic mass is 16.6. The molecule has 1 saturated carbocycles. The van der Waals surface area contributed by atoms with Crippen molar-refractivity contribution in [1.82, 2.24) is 15.3 Å². The van der Waals surface area contributed by atoms with Crippen LogP contribution in [-0.2, 0) is 4.74 Å². The zero-order valence-corrected chi connectivity index (χ0v) is 16.0. The van der Waals surface area contributed by atoms with Gasteiger partial charge in [0.25, 0.3) is 0 Å². The largest absolute Gasteiger partial charge is 0.444 e. The van der Waals surface area contributed by atoms with Crippen molar-refractivity contribution < 1.29 is 9.53 Å². The van der Waals surface area contributed by atoms with Gasteiger partial charge in [0.1, 0.15) is 5.60 Å². The molecule has 6 heteroatoms. The van der Waals surface area contributed by atoms with Crippen molar-refractivity contribution in [3.8, 4) is 0 Å². The number of rotatable bonds is 3. The average Bonchev–Trinajstić information content (AvgIpc) is 2.55. The summed E-state index contributed by atoms with van der Waals surface area (Å²) < 4.78 is 5.33. The van der Waals surface area contributed by atoms with Gasteiger partial charge in [-0.3, -0.25) is 0 Å². The molecule has 0 radical (unpaired) electrons. The van der Waals surface area contributed by atoms with E-state index in [4.69, 9.17) is 4.74 Å². The summed E-state index contributed by atoms with van der Waals surface area (Å²) in [5, 5.41) is 7.52. The van der Waals surface area contributed by atoms with Crippen LogP contribution >= 0.6 is 0 Å². The fraction of sp³-hybridized carbons (Fsp3) is 0.550. The Bertz CT molecular complexity index is 777. The van der Waals surface area contributed by atoms with Crippen molar-refractivity contribution in [1.29, 1.82) is 0 Å². The Labute approximate surface area is 154 Å². The summed E-state index contributed by atoms with van der Waals surface area (Å²) in [7, 11) is 0. The molecule has 2 aromatic rings. The number of ether oxygens (including phenoxy) is 1. The predicted octanol–water partition coefficient (Wildman–Crippen LogP) is 4.19. The molecule has 26 heavy (non-hydrogen) atoms. The van der Waals surface area contributed by atoms with Crippen LogP contribution in [0.25, 0.3) is 10.9 Å². The highest BCUT2D eigenvalue weighted by molar-refractivity contribution is 5.81. The number of alkyl carbamates (subject to hydrolysis) is 1. The van der Waals surface area contributed by atoms with E-state index in [9.17, 15) is 4.79 Å². The van der Waals surface area contributed by atoms with E-state index >= 15 is 0 Å². The summed E-state index contributed by atoms with van der Waals surface area (Å²) in [5.41, 5.74) is 1.48. The zero-order chi connectivity index (χ0) is 18.7. The van der Waals surface area contributed by atoms with Gasteiger partial charge in [-0.25, -0.2) is 14.8 Å². The molecule has 0 unspecified atom stereocenters. The van der Waals surface area contributed by atoms with Crippen molar-refractivity contribution in [3.63, 3.8) is 0 Å². The van der Waals surface area contributed by atoms with Crippen LogP contribution in [0.2, 0.25) is 0 Å². The number of para-hydroxylation sites is 1. The molecule has 2 N–H and O–H groups in total. The van der Waals surface area contributed by atoms with Gasteiger partial charge in [-0.1, -0.05) is 18.2 Å². The number of hydrogen-bond donors (Lipinski definition) is 2. The van der Waals surface area contributed by atoms with Crippen molar-refractivity contribution in [2.24, 2.45) is 0 Å². The Morgan fingerprint density at radius 2 is 1.73 bits per heavy atom. The molecule has 1 aromatic carbocycles. The third-order valence-corrected chi connectivity index (χ3v) is 4.58. The number of aryl methyl sites for hydroxylation is 1. The Kier molecular flexibility index (Phi) is 5.30. The van der Waals surface area contributed by atoms with Gasteiger partial charge in [0.2, 0.25) is 5.95 Å². The van der Waals surface area contributed by atoms with Gasteiger partial charge in [-0.15, -0.1) is 0 Å². The number of nitrogens with one attached hydrogen (secondary N) is 2. The van der Waals surface area contributed by atoms with E-state index in [0.29, 0.717) is 12.0 Å². The van der Waals surface area contributed by atoms with Gasteiger partial charge < -0.3 is 15.4 Å². The van der Waals surface area contributed by atoms with Crippen molar-refractivity contribution in [3.05, 3.63) is 30.0 Å². The highest BCUT2D eigenvalue weighted by Crippen LogP contribution is 2.23. The number of amides is 1. The van der Waals surface area contributed by atoms with Crippen molar-refractivity contribution >= 4 is 22.9 Å². The van der Waals surface area contributed by atoms with Gasteiger partial charge in [0.15, 0.2) is 0 Å². The summed E-state index contributed by atoms with van der Waals surface area (Å²) in [4.78, 5) is 21.1. The van der Waals surface area contributed by atoms with Crippen molar-refractivity contribution in [2.75, 3.05) is 5.32 Å². The molecule has 1 heterocycles. The molecule has 1 aliphatic rings. The molecule has 0 spiro atoms. The second-order valence-electron chi connectivity index (χ2n) is 7.99. The molecular formula is C20H28N4O2. The standard InChI is InChI=1S/C20H28N4O2/c1-13-16-7-5-6-8-17(16)24-18(21-13)22-14-9-11-15(12-10-14)23-19(25)26-20(2,3)4/h5-8,14-15H,9-12H2,1-4H3,(H,23,25)(H,21,22,24). The number of benzene rings is 1.